The first-order valence-corrected chi connectivity index (χ1v) is 22.0. The average Bonchev–Trinajstić information content (AvgIpc) is 4.02. The number of hydrogen-bond acceptors (Lipinski definition) is 3. The van der Waals surface area contributed by atoms with Crippen LogP contribution in [0.1, 0.15) is 50.2 Å². The van der Waals surface area contributed by atoms with Gasteiger partial charge < -0.3 is 19.1 Å². The number of hydrogen-bond donors (Lipinski definition) is 0. The highest BCUT2D eigenvalue weighted by Gasteiger charge is 2.53. The SMILES string of the molecule is Cc1ccc(N(C2=CC=C3c4cc5c(cc4N4C6=CCCC=C6C2C34)c2ccc(N(C3=CCC(C)C=C3)c3ccccc3)c3c4c(n5c32)=CCCC=4)c2ccccc2)cc1. The predicted octanol–water partition coefficient (Wildman–Crippen LogP) is 12.5. The summed E-state index contributed by atoms with van der Waals surface area (Å²) in [7, 11) is 0. The third-order valence-corrected chi connectivity index (χ3v) is 14.0. The van der Waals surface area contributed by atoms with Crippen LogP contribution in [0.4, 0.5) is 28.4 Å². The van der Waals surface area contributed by atoms with E-state index in [1.807, 2.05) is 0 Å². The zero-order valence-corrected chi connectivity index (χ0v) is 34.1. The van der Waals surface area contributed by atoms with E-state index in [1.54, 1.807) is 0 Å². The number of fused-ring (bicyclic) bond motifs is 12. The number of benzene rings is 5. The minimum Gasteiger partial charge on any atom is -0.332 e. The van der Waals surface area contributed by atoms with Crippen LogP contribution in [-0.4, -0.2) is 10.4 Å². The maximum Gasteiger partial charge on any atom is 0.0722 e. The van der Waals surface area contributed by atoms with Gasteiger partial charge in [0.2, 0.25) is 0 Å². The molecule has 0 amide bonds. The monoisotopic (exact) mass is 774 g/mol. The van der Waals surface area contributed by atoms with E-state index >= 15 is 0 Å². The highest BCUT2D eigenvalue weighted by atomic mass is 15.3. The quantitative estimate of drug-likeness (QED) is 0.167. The topological polar surface area (TPSA) is 14.1 Å². The van der Waals surface area contributed by atoms with Crippen molar-refractivity contribution >= 4 is 73.4 Å². The zero-order chi connectivity index (χ0) is 39.6. The Balaban J connectivity index is 1.05. The molecule has 4 heterocycles. The van der Waals surface area contributed by atoms with Crippen LogP contribution in [0.5, 0.6) is 0 Å². The molecule has 5 aromatic carbocycles. The van der Waals surface area contributed by atoms with Gasteiger partial charge in [0.05, 0.1) is 34.4 Å². The Hall–Kier alpha value is -6.78. The molecule has 0 radical (unpaired) electrons. The lowest BCUT2D eigenvalue weighted by Gasteiger charge is -2.36. The Labute approximate surface area is 351 Å². The normalized spacial score (nSPS) is 21.0. The summed E-state index contributed by atoms with van der Waals surface area (Å²) in [4.78, 5) is 7.73. The van der Waals surface area contributed by atoms with Crippen molar-refractivity contribution in [1.29, 1.82) is 0 Å². The van der Waals surface area contributed by atoms with Crippen LogP contribution in [0.15, 0.2) is 174 Å². The molecule has 0 bridgehead atoms. The van der Waals surface area contributed by atoms with E-state index in [-0.39, 0.29) is 12.0 Å². The van der Waals surface area contributed by atoms with Crippen molar-refractivity contribution in [1.82, 2.24) is 4.40 Å². The second kappa shape index (κ2) is 12.9. The minimum atomic E-state index is 0.203. The van der Waals surface area contributed by atoms with E-state index < -0.39 is 0 Å². The smallest absolute Gasteiger partial charge is 0.0722 e. The van der Waals surface area contributed by atoms with Gasteiger partial charge in [0.15, 0.2) is 0 Å². The molecule has 6 aliphatic rings. The number of rotatable bonds is 6. The summed E-state index contributed by atoms with van der Waals surface area (Å²) < 4.78 is 2.62. The van der Waals surface area contributed by atoms with Gasteiger partial charge >= 0.3 is 0 Å². The molecule has 1 fully saturated rings. The largest absolute Gasteiger partial charge is 0.332 e. The van der Waals surface area contributed by atoms with Crippen LogP contribution >= 0.6 is 0 Å². The Morgan fingerprint density at radius 1 is 0.650 bits per heavy atom. The van der Waals surface area contributed by atoms with E-state index in [0.29, 0.717) is 5.92 Å². The van der Waals surface area contributed by atoms with Gasteiger partial charge in [-0.05, 0) is 123 Å². The fourth-order valence-corrected chi connectivity index (χ4v) is 11.4. The van der Waals surface area contributed by atoms with Gasteiger partial charge in [0, 0.05) is 66.4 Å². The lowest BCUT2D eigenvalue weighted by molar-refractivity contribution is 0.678. The number of anilines is 5. The molecular weight excluding hydrogens is 729 g/mol. The molecule has 2 aliphatic heterocycles. The number of aromatic nitrogens is 1. The summed E-state index contributed by atoms with van der Waals surface area (Å²) in [5.41, 5.74) is 18.3. The summed E-state index contributed by atoms with van der Waals surface area (Å²) in [6.45, 7) is 4.48. The third-order valence-electron chi connectivity index (χ3n) is 14.0. The van der Waals surface area contributed by atoms with Crippen molar-refractivity contribution in [3.8, 4) is 0 Å². The fraction of sp³-hybridized carbons (Fsp3) is 0.179. The van der Waals surface area contributed by atoms with E-state index in [1.165, 1.54) is 106 Å². The highest BCUT2D eigenvalue weighted by molar-refractivity contribution is 6.20. The summed E-state index contributed by atoms with van der Waals surface area (Å²) in [6, 6.07) is 41.1. The molecule has 0 N–H and O–H groups in total. The van der Waals surface area contributed by atoms with Crippen molar-refractivity contribution < 1.29 is 0 Å². The van der Waals surface area contributed by atoms with E-state index in [0.717, 1.165) is 32.1 Å². The average molecular weight is 775 g/mol. The summed E-state index contributed by atoms with van der Waals surface area (Å²) in [6.07, 6.45) is 27.4. The Morgan fingerprint density at radius 3 is 2.17 bits per heavy atom. The van der Waals surface area contributed by atoms with Gasteiger partial charge in [-0.2, -0.15) is 0 Å². The van der Waals surface area contributed by atoms with Gasteiger partial charge in [-0.25, -0.2) is 0 Å². The molecule has 1 saturated heterocycles. The Kier molecular flexibility index (Phi) is 7.31. The Bertz CT molecular complexity index is 3260. The van der Waals surface area contributed by atoms with E-state index in [2.05, 4.69) is 197 Å². The van der Waals surface area contributed by atoms with Crippen LogP contribution < -0.4 is 25.3 Å². The molecule has 3 atom stereocenters. The molecule has 0 saturated carbocycles. The van der Waals surface area contributed by atoms with Gasteiger partial charge in [-0.15, -0.1) is 0 Å². The molecule has 3 unspecified atom stereocenters. The molecule has 290 valence electrons. The lowest BCUT2D eigenvalue weighted by Crippen LogP contribution is -2.34. The predicted molar refractivity (Wildman–Crippen MR) is 252 cm³/mol. The van der Waals surface area contributed by atoms with Crippen molar-refractivity contribution in [2.75, 3.05) is 14.7 Å². The molecule has 2 aromatic heterocycles. The lowest BCUT2D eigenvalue weighted by atomic mass is 9.80. The Morgan fingerprint density at radius 2 is 1.38 bits per heavy atom. The van der Waals surface area contributed by atoms with Gasteiger partial charge in [0.25, 0.3) is 0 Å². The first-order valence-electron chi connectivity index (χ1n) is 22.0. The molecular formula is C56H46N4. The summed E-state index contributed by atoms with van der Waals surface area (Å²) in [5.74, 6) is 0.752. The van der Waals surface area contributed by atoms with Crippen LogP contribution in [0.25, 0.3) is 44.9 Å². The standard InChI is InChI=1S/C56H46N4/c1-35-21-25-39(26-22-35)57(37-13-5-3-6-14-37)49-31-29-41-45-33-52-46(34-51(45)59-47-19-11-9-17-43(47)53(49)55(41)59)42-30-32-50(54-44-18-10-12-20-48(44)60(52)56(42)54)58(38-15-7-4-8-16-38)40-27-23-36(2)24-28-40/h3-8,13-23,25-34,36,53,55H,9-12,24H2,1-2H3. The molecule has 4 heteroatoms. The zero-order valence-electron chi connectivity index (χ0n) is 34.1. The van der Waals surface area contributed by atoms with Crippen LogP contribution in [0, 0.1) is 18.8 Å². The van der Waals surface area contributed by atoms with Crippen LogP contribution in [0.3, 0.4) is 0 Å². The molecule has 4 nitrogen and oxygen atoms in total. The molecule has 4 aliphatic carbocycles. The summed E-state index contributed by atoms with van der Waals surface area (Å²) >= 11 is 0. The number of allylic oxidation sites excluding steroid dienone is 8. The molecule has 0 spiro atoms. The van der Waals surface area contributed by atoms with Crippen molar-refractivity contribution in [3.05, 3.63) is 196 Å². The van der Waals surface area contributed by atoms with E-state index in [4.69, 9.17) is 0 Å². The second-order valence-corrected chi connectivity index (χ2v) is 17.6. The van der Waals surface area contributed by atoms with Crippen molar-refractivity contribution in [3.63, 3.8) is 0 Å². The van der Waals surface area contributed by atoms with E-state index in [9.17, 15) is 0 Å². The number of aryl methyl sites for hydroxylation is 1. The van der Waals surface area contributed by atoms with Crippen LogP contribution in [-0.2, 0) is 0 Å². The summed E-state index contributed by atoms with van der Waals surface area (Å²) in [5, 5.41) is 6.73. The van der Waals surface area contributed by atoms with Gasteiger partial charge in [-0.3, -0.25) is 0 Å². The minimum absolute atomic E-state index is 0.203. The van der Waals surface area contributed by atoms with Gasteiger partial charge in [0.1, 0.15) is 0 Å². The highest BCUT2D eigenvalue weighted by Crippen LogP contribution is 2.60. The number of nitrogens with zero attached hydrogens (tertiary/aromatic N) is 4. The third kappa shape index (κ3) is 4.73. The van der Waals surface area contributed by atoms with Crippen molar-refractivity contribution in [2.45, 2.75) is 52.0 Å². The van der Waals surface area contributed by atoms with Crippen molar-refractivity contribution in [2.24, 2.45) is 11.8 Å². The fourth-order valence-electron chi connectivity index (χ4n) is 11.4. The molecule has 13 rings (SSSR count). The van der Waals surface area contributed by atoms with Gasteiger partial charge in [-0.1, -0.05) is 110 Å². The second-order valence-electron chi connectivity index (χ2n) is 17.6. The maximum atomic E-state index is 2.72. The first kappa shape index (κ1) is 34.1. The molecule has 60 heavy (non-hydrogen) atoms. The van der Waals surface area contributed by atoms with Crippen LogP contribution in [0.2, 0.25) is 0 Å². The first-order chi connectivity index (χ1) is 29.6. The molecule has 7 aromatic rings. The maximum absolute atomic E-state index is 2.72. The number of para-hydroxylation sites is 2.